The van der Waals surface area contributed by atoms with E-state index >= 15 is 0 Å². The molecule has 0 radical (unpaired) electrons. The van der Waals surface area contributed by atoms with Crippen LogP contribution >= 0.6 is 11.8 Å². The minimum absolute atomic E-state index is 0.268. The predicted molar refractivity (Wildman–Crippen MR) is 130 cm³/mol. The van der Waals surface area contributed by atoms with Crippen molar-refractivity contribution in [2.24, 2.45) is 0 Å². The Hall–Kier alpha value is -2.42. The zero-order valence-corrected chi connectivity index (χ0v) is 19.8. The van der Waals surface area contributed by atoms with E-state index in [1.165, 1.54) is 11.8 Å². The molecule has 1 saturated heterocycles. The number of piperazine rings is 1. The number of aliphatic hydroxyl groups is 1. The van der Waals surface area contributed by atoms with E-state index < -0.39 is 16.8 Å². The van der Waals surface area contributed by atoms with Crippen LogP contribution in [0.1, 0.15) is 24.8 Å². The summed E-state index contributed by atoms with van der Waals surface area (Å²) in [6.07, 6.45) is 1.29. The molecule has 33 heavy (non-hydrogen) atoms. The second-order valence-corrected chi connectivity index (χ2v) is 10.1. The summed E-state index contributed by atoms with van der Waals surface area (Å²) < 4.78 is 4.08. The van der Waals surface area contributed by atoms with Gasteiger partial charge in [0.2, 0.25) is 0 Å². The number of methoxy groups -OCH3 is 1. The van der Waals surface area contributed by atoms with Crippen LogP contribution in [0.15, 0.2) is 47.4 Å². The fourth-order valence-electron chi connectivity index (χ4n) is 4.72. The molecule has 0 spiro atoms. The number of aliphatic carboxylic acids is 1. The van der Waals surface area contributed by atoms with Crippen LogP contribution in [0.4, 0.5) is 5.69 Å². The molecule has 8 heteroatoms. The molecule has 2 heterocycles. The number of hydrogen-bond acceptors (Lipinski definition) is 7. The Morgan fingerprint density at radius 3 is 2.55 bits per heavy atom. The van der Waals surface area contributed by atoms with Gasteiger partial charge in [0, 0.05) is 36.8 Å². The van der Waals surface area contributed by atoms with Crippen LogP contribution in [-0.4, -0.2) is 76.9 Å². The van der Waals surface area contributed by atoms with Crippen molar-refractivity contribution in [2.45, 2.75) is 41.4 Å². The maximum absolute atomic E-state index is 12.5. The number of aliphatic hydroxyl groups excluding tert-OH is 1. The number of aromatic hydroxyl groups is 1. The Morgan fingerprint density at radius 2 is 1.88 bits per heavy atom. The summed E-state index contributed by atoms with van der Waals surface area (Å²) in [7, 11) is 1.60. The van der Waals surface area contributed by atoms with Gasteiger partial charge in [0.05, 0.1) is 13.2 Å². The molecule has 4 rings (SSSR count). The number of hydrogen-bond donors (Lipinski definition) is 3. The van der Waals surface area contributed by atoms with Crippen molar-refractivity contribution in [3.8, 4) is 11.5 Å². The standard InChI is InChI=1S/C25H32N2O5S/c1-32-21-9-3-18-4-10-23(29)25(24(30)31,33-22(18)17-21)11-2-12-26-13-15-27(16-14-26)19-5-7-20(28)8-6-19/h3,5-9,17,23,28-29H,2,4,10-16H2,1H3,(H,30,31). The number of nitrogens with zero attached hydrogens (tertiary/aromatic N) is 2. The molecule has 2 aromatic rings. The van der Waals surface area contributed by atoms with Crippen LogP contribution in [0.5, 0.6) is 11.5 Å². The van der Waals surface area contributed by atoms with Crippen LogP contribution in [-0.2, 0) is 11.2 Å². The summed E-state index contributed by atoms with van der Waals surface area (Å²) in [5.74, 6) is 0.0145. The van der Waals surface area contributed by atoms with E-state index in [2.05, 4.69) is 9.80 Å². The Labute approximate surface area is 199 Å². The Morgan fingerprint density at radius 1 is 1.15 bits per heavy atom. The first kappa shape index (κ1) is 23.7. The van der Waals surface area contributed by atoms with Crippen molar-refractivity contribution in [2.75, 3.05) is 44.7 Å². The highest BCUT2D eigenvalue weighted by atomic mass is 32.2. The monoisotopic (exact) mass is 472 g/mol. The Balaban J connectivity index is 1.37. The fourth-order valence-corrected chi connectivity index (χ4v) is 6.18. The molecular formula is C25H32N2O5S. The van der Waals surface area contributed by atoms with Crippen molar-refractivity contribution in [3.63, 3.8) is 0 Å². The third-order valence-corrected chi connectivity index (χ3v) is 8.38. The highest BCUT2D eigenvalue weighted by molar-refractivity contribution is 8.01. The Bertz CT molecular complexity index is 962. The van der Waals surface area contributed by atoms with E-state index in [1.807, 2.05) is 30.3 Å². The lowest BCUT2D eigenvalue weighted by Crippen LogP contribution is -2.48. The number of carboxylic acids is 1. The van der Waals surface area contributed by atoms with Crippen molar-refractivity contribution in [3.05, 3.63) is 48.0 Å². The highest BCUT2D eigenvalue weighted by Crippen LogP contribution is 2.46. The van der Waals surface area contributed by atoms with Crippen LogP contribution in [0.2, 0.25) is 0 Å². The van der Waals surface area contributed by atoms with Gasteiger partial charge in [-0.2, -0.15) is 0 Å². The SMILES string of the molecule is COc1ccc2c(c1)SC(CCCN1CCN(c3ccc(O)cc3)CC1)(C(=O)O)C(O)CC2. The predicted octanol–water partition coefficient (Wildman–Crippen LogP) is 3.23. The van der Waals surface area contributed by atoms with E-state index in [-0.39, 0.29) is 5.75 Å². The van der Waals surface area contributed by atoms with Gasteiger partial charge in [-0.25, -0.2) is 0 Å². The summed E-state index contributed by atoms with van der Waals surface area (Å²) in [5.41, 5.74) is 2.16. The number of aryl methyl sites for hydroxylation is 1. The number of anilines is 1. The smallest absolute Gasteiger partial charge is 0.322 e. The minimum Gasteiger partial charge on any atom is -0.508 e. The van der Waals surface area contributed by atoms with Gasteiger partial charge in [0.25, 0.3) is 0 Å². The number of benzene rings is 2. The first-order chi connectivity index (χ1) is 15.9. The molecule has 0 bridgehead atoms. The van der Waals surface area contributed by atoms with E-state index in [4.69, 9.17) is 4.74 Å². The lowest BCUT2D eigenvalue weighted by molar-refractivity contribution is -0.143. The van der Waals surface area contributed by atoms with Crippen LogP contribution in [0, 0.1) is 0 Å². The molecule has 2 aliphatic rings. The number of thioether (sulfide) groups is 1. The first-order valence-electron chi connectivity index (χ1n) is 11.4. The second-order valence-electron chi connectivity index (χ2n) is 8.77. The molecule has 3 N–H and O–H groups in total. The van der Waals surface area contributed by atoms with Crippen molar-refractivity contribution < 1.29 is 24.9 Å². The maximum atomic E-state index is 12.5. The minimum atomic E-state index is -1.26. The average molecular weight is 473 g/mol. The zero-order valence-electron chi connectivity index (χ0n) is 18.9. The quantitative estimate of drug-likeness (QED) is 0.566. The van der Waals surface area contributed by atoms with E-state index in [1.54, 1.807) is 19.2 Å². The topological polar surface area (TPSA) is 93.5 Å². The molecule has 0 amide bonds. The van der Waals surface area contributed by atoms with E-state index in [0.717, 1.165) is 48.9 Å². The van der Waals surface area contributed by atoms with Crippen LogP contribution in [0.3, 0.4) is 0 Å². The molecule has 0 aromatic heterocycles. The van der Waals surface area contributed by atoms with E-state index in [0.29, 0.717) is 31.4 Å². The van der Waals surface area contributed by atoms with Gasteiger partial charge in [-0.1, -0.05) is 6.07 Å². The number of rotatable bonds is 7. The van der Waals surface area contributed by atoms with E-state index in [9.17, 15) is 20.1 Å². The number of ether oxygens (including phenoxy) is 1. The third kappa shape index (κ3) is 5.23. The highest BCUT2D eigenvalue weighted by Gasteiger charge is 2.47. The van der Waals surface area contributed by atoms with Gasteiger partial charge in [-0.3, -0.25) is 9.69 Å². The number of carboxylic acid groups (broad SMARTS) is 1. The van der Waals surface area contributed by atoms with Crippen molar-refractivity contribution >= 4 is 23.4 Å². The molecule has 7 nitrogen and oxygen atoms in total. The third-order valence-electron chi connectivity index (χ3n) is 6.76. The molecule has 2 aromatic carbocycles. The van der Waals surface area contributed by atoms with Gasteiger partial charge >= 0.3 is 5.97 Å². The molecule has 2 atom stereocenters. The summed E-state index contributed by atoms with van der Waals surface area (Å²) in [6.45, 7) is 4.38. The van der Waals surface area contributed by atoms with Gasteiger partial charge in [-0.05, 0) is 74.2 Å². The summed E-state index contributed by atoms with van der Waals surface area (Å²) in [5, 5.41) is 30.6. The molecule has 1 fully saturated rings. The zero-order chi connectivity index (χ0) is 23.4. The molecule has 0 aliphatic carbocycles. The second kappa shape index (κ2) is 10.2. The molecule has 2 aliphatic heterocycles. The molecule has 178 valence electrons. The number of phenols is 1. The normalized spacial score (nSPS) is 23.6. The maximum Gasteiger partial charge on any atom is 0.322 e. The number of carbonyl (C=O) groups is 1. The Kier molecular flexibility index (Phi) is 7.36. The molecular weight excluding hydrogens is 440 g/mol. The lowest BCUT2D eigenvalue weighted by Gasteiger charge is -2.37. The average Bonchev–Trinajstić information content (AvgIpc) is 2.96. The van der Waals surface area contributed by atoms with Crippen LogP contribution < -0.4 is 9.64 Å². The van der Waals surface area contributed by atoms with Crippen molar-refractivity contribution in [1.29, 1.82) is 0 Å². The van der Waals surface area contributed by atoms with Gasteiger partial charge < -0.3 is 25.0 Å². The van der Waals surface area contributed by atoms with Gasteiger partial charge in [0.1, 0.15) is 16.2 Å². The molecule has 2 unspecified atom stereocenters. The largest absolute Gasteiger partial charge is 0.508 e. The molecule has 0 saturated carbocycles. The van der Waals surface area contributed by atoms with Gasteiger partial charge in [0.15, 0.2) is 0 Å². The summed E-state index contributed by atoms with van der Waals surface area (Å²) in [6, 6.07) is 13.0. The van der Waals surface area contributed by atoms with Crippen molar-refractivity contribution in [1.82, 2.24) is 4.90 Å². The first-order valence-corrected chi connectivity index (χ1v) is 12.3. The summed E-state index contributed by atoms with van der Waals surface area (Å²) in [4.78, 5) is 18.0. The lowest BCUT2D eigenvalue weighted by atomic mass is 9.91. The number of fused-ring (bicyclic) bond motifs is 1. The fraction of sp³-hybridized carbons (Fsp3) is 0.480. The van der Waals surface area contributed by atoms with Gasteiger partial charge in [-0.15, -0.1) is 11.8 Å². The number of phenolic OH excluding ortho intramolecular Hbond substituents is 1. The summed E-state index contributed by atoms with van der Waals surface area (Å²) >= 11 is 1.28. The van der Waals surface area contributed by atoms with Crippen LogP contribution in [0.25, 0.3) is 0 Å².